The van der Waals surface area contributed by atoms with Gasteiger partial charge in [0.05, 0.1) is 22.2 Å². The number of nitriles is 1. The zero-order valence-corrected chi connectivity index (χ0v) is 13.1. The number of alkyl halides is 3. The molecule has 9 heteroatoms. The smallest absolute Gasteiger partial charge is 0.487 e. The van der Waals surface area contributed by atoms with E-state index in [-0.39, 0.29) is 28.5 Å². The number of hydrogen-bond donors (Lipinski definition) is 1. The van der Waals surface area contributed by atoms with E-state index in [0.717, 1.165) is 12.1 Å². The lowest BCUT2D eigenvalue weighted by molar-refractivity contribution is -0.274. The first kappa shape index (κ1) is 18.4. The van der Waals surface area contributed by atoms with Gasteiger partial charge in [0.1, 0.15) is 18.1 Å². The standard InChI is InChI=1S/C16H9ClF3NO4/c17-13-6-12(25-16(18,19)20)1-2-14(13)24-8-10-3-9(7-21)4-11(5-10)15(22)23/h1-6H,8H2,(H,22,23). The van der Waals surface area contributed by atoms with Crippen molar-refractivity contribution in [3.63, 3.8) is 0 Å². The molecular formula is C16H9ClF3NO4. The van der Waals surface area contributed by atoms with Crippen LogP contribution >= 0.6 is 11.6 Å². The molecule has 2 aromatic rings. The molecule has 0 amide bonds. The molecule has 130 valence electrons. The van der Waals surface area contributed by atoms with Crippen LogP contribution in [0.5, 0.6) is 11.5 Å². The molecule has 0 unspecified atom stereocenters. The highest BCUT2D eigenvalue weighted by molar-refractivity contribution is 6.32. The third-order valence-electron chi connectivity index (χ3n) is 2.90. The molecule has 2 aromatic carbocycles. The molecule has 0 fully saturated rings. The summed E-state index contributed by atoms with van der Waals surface area (Å²) in [5.41, 5.74) is 0.444. The summed E-state index contributed by atoms with van der Waals surface area (Å²) >= 11 is 5.85. The first-order valence-corrected chi connectivity index (χ1v) is 7.01. The Morgan fingerprint density at radius 3 is 2.52 bits per heavy atom. The van der Waals surface area contributed by atoms with Crippen molar-refractivity contribution in [2.45, 2.75) is 13.0 Å². The Morgan fingerprint density at radius 1 is 1.24 bits per heavy atom. The maximum atomic E-state index is 12.1. The van der Waals surface area contributed by atoms with Gasteiger partial charge in [-0.1, -0.05) is 11.6 Å². The highest BCUT2D eigenvalue weighted by Gasteiger charge is 2.31. The van der Waals surface area contributed by atoms with Crippen LogP contribution in [0, 0.1) is 11.3 Å². The van der Waals surface area contributed by atoms with E-state index in [2.05, 4.69) is 4.74 Å². The number of benzene rings is 2. The molecular weight excluding hydrogens is 363 g/mol. The largest absolute Gasteiger partial charge is 0.573 e. The quantitative estimate of drug-likeness (QED) is 0.843. The molecule has 0 heterocycles. The molecule has 0 aliphatic carbocycles. The number of nitrogens with zero attached hydrogens (tertiary/aromatic N) is 1. The lowest BCUT2D eigenvalue weighted by atomic mass is 10.1. The summed E-state index contributed by atoms with van der Waals surface area (Å²) < 4.78 is 45.5. The molecule has 5 nitrogen and oxygen atoms in total. The summed E-state index contributed by atoms with van der Waals surface area (Å²) in [6.45, 7) is -0.130. The van der Waals surface area contributed by atoms with E-state index in [1.165, 1.54) is 24.3 Å². The van der Waals surface area contributed by atoms with Gasteiger partial charge in [-0.15, -0.1) is 13.2 Å². The third kappa shape index (κ3) is 5.29. The van der Waals surface area contributed by atoms with Gasteiger partial charge in [0.25, 0.3) is 0 Å². The van der Waals surface area contributed by atoms with Crippen molar-refractivity contribution in [2.24, 2.45) is 0 Å². The van der Waals surface area contributed by atoms with E-state index in [9.17, 15) is 18.0 Å². The average molecular weight is 372 g/mol. The highest BCUT2D eigenvalue weighted by Crippen LogP contribution is 2.32. The Hall–Kier alpha value is -2.92. The van der Waals surface area contributed by atoms with Crippen molar-refractivity contribution >= 4 is 17.6 Å². The molecule has 25 heavy (non-hydrogen) atoms. The van der Waals surface area contributed by atoms with Crippen LogP contribution in [0.25, 0.3) is 0 Å². The van der Waals surface area contributed by atoms with E-state index in [0.29, 0.717) is 5.56 Å². The Morgan fingerprint density at radius 2 is 1.96 bits per heavy atom. The number of carboxylic acid groups (broad SMARTS) is 1. The number of carboxylic acids is 1. The number of carbonyl (C=O) groups is 1. The van der Waals surface area contributed by atoms with Gasteiger partial charge in [-0.05, 0) is 35.9 Å². The molecule has 1 N–H and O–H groups in total. The van der Waals surface area contributed by atoms with Crippen LogP contribution in [-0.2, 0) is 6.61 Å². The van der Waals surface area contributed by atoms with Crippen molar-refractivity contribution in [2.75, 3.05) is 0 Å². The first-order valence-electron chi connectivity index (χ1n) is 6.63. The van der Waals surface area contributed by atoms with E-state index >= 15 is 0 Å². The summed E-state index contributed by atoms with van der Waals surface area (Å²) in [6, 6.07) is 8.96. The molecule has 0 saturated carbocycles. The highest BCUT2D eigenvalue weighted by atomic mass is 35.5. The minimum absolute atomic E-state index is 0.0791. The number of halogens is 4. The Bertz CT molecular complexity index is 846. The summed E-state index contributed by atoms with van der Waals surface area (Å²) in [4.78, 5) is 11.0. The fourth-order valence-electron chi connectivity index (χ4n) is 1.92. The predicted molar refractivity (Wildman–Crippen MR) is 80.6 cm³/mol. The zero-order valence-electron chi connectivity index (χ0n) is 12.3. The second kappa shape index (κ2) is 7.32. The second-order valence-corrected chi connectivity index (χ2v) is 5.17. The lowest BCUT2D eigenvalue weighted by Crippen LogP contribution is -2.17. The van der Waals surface area contributed by atoms with Crippen LogP contribution in [0.4, 0.5) is 13.2 Å². The van der Waals surface area contributed by atoms with E-state index in [4.69, 9.17) is 26.7 Å². The number of ether oxygens (including phenoxy) is 2. The van der Waals surface area contributed by atoms with Crippen molar-refractivity contribution in [1.29, 1.82) is 5.26 Å². The van der Waals surface area contributed by atoms with Gasteiger partial charge in [-0.25, -0.2) is 4.79 Å². The van der Waals surface area contributed by atoms with Crippen molar-refractivity contribution in [1.82, 2.24) is 0 Å². The van der Waals surface area contributed by atoms with Gasteiger partial charge in [0.2, 0.25) is 0 Å². The topological polar surface area (TPSA) is 79.5 Å². The van der Waals surface area contributed by atoms with Crippen LogP contribution in [0.2, 0.25) is 5.02 Å². The minimum Gasteiger partial charge on any atom is -0.487 e. The number of rotatable bonds is 5. The van der Waals surface area contributed by atoms with Gasteiger partial charge >= 0.3 is 12.3 Å². The SMILES string of the molecule is N#Cc1cc(COc2ccc(OC(F)(F)F)cc2Cl)cc(C(=O)O)c1. The summed E-state index contributed by atoms with van der Waals surface area (Å²) in [6.07, 6.45) is -4.84. The van der Waals surface area contributed by atoms with E-state index in [1.54, 1.807) is 0 Å². The van der Waals surface area contributed by atoms with Gasteiger partial charge in [-0.3, -0.25) is 0 Å². The van der Waals surface area contributed by atoms with E-state index < -0.39 is 18.1 Å². The average Bonchev–Trinajstić information content (AvgIpc) is 2.52. The molecule has 2 rings (SSSR count). The second-order valence-electron chi connectivity index (χ2n) is 4.76. The summed E-state index contributed by atoms with van der Waals surface area (Å²) in [7, 11) is 0. The Kier molecular flexibility index (Phi) is 5.39. The maximum Gasteiger partial charge on any atom is 0.573 e. The van der Waals surface area contributed by atoms with Crippen LogP contribution in [0.15, 0.2) is 36.4 Å². The van der Waals surface area contributed by atoms with Crippen LogP contribution in [0.3, 0.4) is 0 Å². The normalized spacial score (nSPS) is 10.8. The molecule has 0 aromatic heterocycles. The number of aromatic carboxylic acids is 1. The first-order chi connectivity index (χ1) is 11.7. The van der Waals surface area contributed by atoms with Gasteiger partial charge in [0.15, 0.2) is 0 Å². The van der Waals surface area contributed by atoms with Crippen molar-refractivity contribution in [3.8, 4) is 17.6 Å². The Balaban J connectivity index is 2.15. The van der Waals surface area contributed by atoms with Crippen molar-refractivity contribution < 1.29 is 32.5 Å². The lowest BCUT2D eigenvalue weighted by Gasteiger charge is -2.12. The Labute approximate surface area is 144 Å². The third-order valence-corrected chi connectivity index (χ3v) is 3.20. The van der Waals surface area contributed by atoms with Gasteiger partial charge < -0.3 is 14.6 Å². The van der Waals surface area contributed by atoms with Crippen LogP contribution < -0.4 is 9.47 Å². The fraction of sp³-hybridized carbons (Fsp3) is 0.125. The summed E-state index contributed by atoms with van der Waals surface area (Å²) in [5.74, 6) is -1.62. The van der Waals surface area contributed by atoms with Gasteiger partial charge in [-0.2, -0.15) is 5.26 Å². The molecule has 0 atom stereocenters. The predicted octanol–water partition coefficient (Wildman–Crippen LogP) is 4.39. The number of hydrogen-bond acceptors (Lipinski definition) is 4. The molecule has 0 bridgehead atoms. The molecule has 0 aliphatic heterocycles. The maximum absolute atomic E-state index is 12.1. The fourth-order valence-corrected chi connectivity index (χ4v) is 2.15. The van der Waals surface area contributed by atoms with Crippen LogP contribution in [0.1, 0.15) is 21.5 Å². The minimum atomic E-state index is -4.84. The zero-order chi connectivity index (χ0) is 18.6. The van der Waals surface area contributed by atoms with E-state index in [1.807, 2.05) is 6.07 Å². The van der Waals surface area contributed by atoms with Gasteiger partial charge in [0, 0.05) is 6.07 Å². The van der Waals surface area contributed by atoms with Crippen molar-refractivity contribution in [3.05, 3.63) is 58.1 Å². The molecule has 0 aliphatic rings. The molecule has 0 saturated heterocycles. The monoisotopic (exact) mass is 371 g/mol. The summed E-state index contributed by atoms with van der Waals surface area (Å²) in [5, 5.41) is 17.8. The molecule has 0 spiro atoms. The molecule has 0 radical (unpaired) electrons. The van der Waals surface area contributed by atoms with Crippen LogP contribution in [-0.4, -0.2) is 17.4 Å².